The molecule has 1 atom stereocenters. The van der Waals surface area contributed by atoms with Gasteiger partial charge in [-0.25, -0.2) is 4.79 Å². The summed E-state index contributed by atoms with van der Waals surface area (Å²) >= 11 is 0. The lowest BCUT2D eigenvalue weighted by molar-refractivity contribution is 0.00422. The highest BCUT2D eigenvalue weighted by atomic mass is 16.5. The summed E-state index contributed by atoms with van der Waals surface area (Å²) in [5.41, 5.74) is 1.62. The monoisotopic (exact) mass is 265 g/mol. The Balaban J connectivity index is 2.12. The molecular weight excluding hydrogens is 246 g/mol. The van der Waals surface area contributed by atoms with Crippen molar-refractivity contribution in [1.82, 2.24) is 5.16 Å². The van der Waals surface area contributed by atoms with E-state index in [4.69, 9.17) is 14.4 Å². The van der Waals surface area contributed by atoms with Crippen molar-refractivity contribution in [3.63, 3.8) is 0 Å². The van der Waals surface area contributed by atoms with E-state index in [1.807, 2.05) is 13.8 Å². The fourth-order valence-electron chi connectivity index (χ4n) is 2.36. The van der Waals surface area contributed by atoms with Crippen LogP contribution in [-0.4, -0.2) is 28.4 Å². The molecule has 19 heavy (non-hydrogen) atoms. The Morgan fingerprint density at radius 1 is 1.58 bits per heavy atom. The number of carboxylic acids is 1. The molecule has 0 aliphatic heterocycles. The number of carboxylic acid groups (broad SMARTS) is 1. The van der Waals surface area contributed by atoms with Gasteiger partial charge in [-0.1, -0.05) is 11.2 Å². The summed E-state index contributed by atoms with van der Waals surface area (Å²) in [5.74, 6) is -0.453. The normalized spacial score (nSPS) is 19.6. The smallest absolute Gasteiger partial charge is 0.358 e. The average Bonchev–Trinajstić information content (AvgIpc) is 2.71. The van der Waals surface area contributed by atoms with E-state index < -0.39 is 5.97 Å². The summed E-state index contributed by atoms with van der Waals surface area (Å²) < 4.78 is 10.9. The standard InChI is InChI=1S/C14H19NO4/c1-8(2)18-11-6-4-10(5-7-11)13-9(3)12(14(16)17)15-19-13/h4,8,11H,5-7H2,1-3H3,(H,16,17)/t11-/m1/s1. The van der Waals surface area contributed by atoms with Crippen LogP contribution < -0.4 is 0 Å². The Bertz CT molecular complexity index is 502. The third kappa shape index (κ3) is 3.04. The number of aromatic carboxylic acids is 1. The number of carbonyl (C=O) groups is 1. The molecule has 0 unspecified atom stereocenters. The zero-order valence-electron chi connectivity index (χ0n) is 11.5. The lowest BCUT2D eigenvalue weighted by atomic mass is 9.93. The molecule has 0 spiro atoms. The number of allylic oxidation sites excluding steroid dienone is 1. The third-order valence-corrected chi connectivity index (χ3v) is 3.25. The highest BCUT2D eigenvalue weighted by Gasteiger charge is 2.23. The Morgan fingerprint density at radius 3 is 2.79 bits per heavy atom. The van der Waals surface area contributed by atoms with Gasteiger partial charge in [0.25, 0.3) is 0 Å². The Morgan fingerprint density at radius 2 is 2.32 bits per heavy atom. The van der Waals surface area contributed by atoms with Crippen molar-refractivity contribution in [3.8, 4) is 0 Å². The van der Waals surface area contributed by atoms with Crippen molar-refractivity contribution in [3.05, 3.63) is 23.1 Å². The molecule has 2 rings (SSSR count). The minimum atomic E-state index is -1.05. The summed E-state index contributed by atoms with van der Waals surface area (Å²) in [6.45, 7) is 5.78. The molecule has 5 heteroatoms. The fourth-order valence-corrected chi connectivity index (χ4v) is 2.36. The van der Waals surface area contributed by atoms with Crippen LogP contribution in [0.5, 0.6) is 0 Å². The molecule has 5 nitrogen and oxygen atoms in total. The maximum absolute atomic E-state index is 10.9. The SMILES string of the molecule is Cc1c(C(=O)O)noc1C1=CC[C@@H](OC(C)C)CC1. The van der Waals surface area contributed by atoms with Crippen molar-refractivity contribution in [2.75, 3.05) is 0 Å². The second kappa shape index (κ2) is 5.57. The highest BCUT2D eigenvalue weighted by molar-refractivity contribution is 5.88. The van der Waals surface area contributed by atoms with Crippen molar-refractivity contribution in [1.29, 1.82) is 0 Å². The van der Waals surface area contributed by atoms with Gasteiger partial charge in [-0.2, -0.15) is 0 Å². The van der Waals surface area contributed by atoms with Crippen LogP contribution in [0.4, 0.5) is 0 Å². The third-order valence-electron chi connectivity index (χ3n) is 3.25. The predicted octanol–water partition coefficient (Wildman–Crippen LogP) is 3.04. The Hall–Kier alpha value is -1.62. The molecule has 0 saturated carbocycles. The number of hydrogen-bond acceptors (Lipinski definition) is 4. The minimum Gasteiger partial charge on any atom is -0.476 e. The summed E-state index contributed by atoms with van der Waals surface area (Å²) in [6.07, 6.45) is 5.11. The van der Waals surface area contributed by atoms with E-state index in [1.165, 1.54) is 0 Å². The minimum absolute atomic E-state index is 0.00328. The van der Waals surface area contributed by atoms with Crippen LogP contribution in [0.2, 0.25) is 0 Å². The molecule has 0 fully saturated rings. The zero-order chi connectivity index (χ0) is 14.0. The van der Waals surface area contributed by atoms with Crippen LogP contribution in [0.15, 0.2) is 10.6 Å². The van der Waals surface area contributed by atoms with Gasteiger partial charge in [0.1, 0.15) is 0 Å². The summed E-state index contributed by atoms with van der Waals surface area (Å²) in [6, 6.07) is 0. The van der Waals surface area contributed by atoms with E-state index in [0.717, 1.165) is 24.8 Å². The topological polar surface area (TPSA) is 72.6 Å². The first-order valence-corrected chi connectivity index (χ1v) is 6.53. The molecule has 1 aliphatic rings. The first kappa shape index (κ1) is 13.8. The fraction of sp³-hybridized carbons (Fsp3) is 0.571. The Labute approximate surface area is 112 Å². The van der Waals surface area contributed by atoms with E-state index in [1.54, 1.807) is 6.92 Å². The van der Waals surface area contributed by atoms with E-state index in [9.17, 15) is 4.79 Å². The van der Waals surface area contributed by atoms with Crippen molar-refractivity contribution >= 4 is 11.5 Å². The van der Waals surface area contributed by atoms with Gasteiger partial charge in [-0.05, 0) is 45.6 Å². The van der Waals surface area contributed by atoms with Crippen molar-refractivity contribution in [2.45, 2.75) is 52.2 Å². The second-order valence-corrected chi connectivity index (χ2v) is 5.10. The molecule has 0 radical (unpaired) electrons. The molecule has 0 saturated heterocycles. The maximum Gasteiger partial charge on any atom is 0.358 e. The number of nitrogens with zero attached hydrogens (tertiary/aromatic N) is 1. The molecule has 1 aliphatic carbocycles. The van der Waals surface area contributed by atoms with E-state index >= 15 is 0 Å². The van der Waals surface area contributed by atoms with Gasteiger partial charge in [0.15, 0.2) is 11.5 Å². The predicted molar refractivity (Wildman–Crippen MR) is 70.0 cm³/mol. The number of rotatable bonds is 4. The quantitative estimate of drug-likeness (QED) is 0.905. The van der Waals surface area contributed by atoms with E-state index in [0.29, 0.717) is 11.3 Å². The lowest BCUT2D eigenvalue weighted by Gasteiger charge is -2.23. The van der Waals surface area contributed by atoms with Crippen LogP contribution >= 0.6 is 0 Å². The van der Waals surface area contributed by atoms with Crippen molar-refractivity contribution in [2.24, 2.45) is 0 Å². The largest absolute Gasteiger partial charge is 0.476 e. The van der Waals surface area contributed by atoms with Gasteiger partial charge in [0, 0.05) is 5.56 Å². The van der Waals surface area contributed by atoms with Gasteiger partial charge in [0.2, 0.25) is 0 Å². The van der Waals surface area contributed by atoms with Gasteiger partial charge in [0.05, 0.1) is 12.2 Å². The molecule has 1 aromatic rings. The molecule has 0 aromatic carbocycles. The molecule has 0 amide bonds. The van der Waals surface area contributed by atoms with Gasteiger partial charge < -0.3 is 14.4 Å². The first-order valence-electron chi connectivity index (χ1n) is 6.53. The van der Waals surface area contributed by atoms with Crippen molar-refractivity contribution < 1.29 is 19.2 Å². The highest BCUT2D eigenvalue weighted by Crippen LogP contribution is 2.31. The number of ether oxygens (including phenoxy) is 1. The second-order valence-electron chi connectivity index (χ2n) is 5.10. The molecular formula is C14H19NO4. The lowest BCUT2D eigenvalue weighted by Crippen LogP contribution is -2.19. The summed E-state index contributed by atoms with van der Waals surface area (Å²) in [7, 11) is 0. The average molecular weight is 265 g/mol. The van der Waals surface area contributed by atoms with Gasteiger partial charge in [-0.3, -0.25) is 0 Å². The molecule has 104 valence electrons. The summed E-state index contributed by atoms with van der Waals surface area (Å²) in [5, 5.41) is 12.6. The molecule has 1 heterocycles. The number of aromatic nitrogens is 1. The van der Waals surface area contributed by atoms with E-state index in [-0.39, 0.29) is 17.9 Å². The van der Waals surface area contributed by atoms with Gasteiger partial charge in [-0.15, -0.1) is 0 Å². The molecule has 1 N–H and O–H groups in total. The van der Waals surface area contributed by atoms with Crippen LogP contribution in [0, 0.1) is 6.92 Å². The summed E-state index contributed by atoms with van der Waals surface area (Å²) in [4.78, 5) is 10.9. The van der Waals surface area contributed by atoms with Crippen LogP contribution in [-0.2, 0) is 4.74 Å². The first-order chi connectivity index (χ1) is 8.99. The van der Waals surface area contributed by atoms with Crippen LogP contribution in [0.3, 0.4) is 0 Å². The molecule has 1 aromatic heterocycles. The molecule has 0 bridgehead atoms. The van der Waals surface area contributed by atoms with Crippen LogP contribution in [0.1, 0.15) is 54.9 Å². The zero-order valence-corrected chi connectivity index (χ0v) is 11.5. The van der Waals surface area contributed by atoms with Gasteiger partial charge >= 0.3 is 5.97 Å². The van der Waals surface area contributed by atoms with Crippen LogP contribution in [0.25, 0.3) is 5.57 Å². The van der Waals surface area contributed by atoms with E-state index in [2.05, 4.69) is 11.2 Å². The number of hydrogen-bond donors (Lipinski definition) is 1. The maximum atomic E-state index is 10.9. The Kier molecular flexibility index (Phi) is 4.04.